The third kappa shape index (κ3) is 4.45. The van der Waals surface area contributed by atoms with Crippen LogP contribution in [0.1, 0.15) is 63.4 Å². The molecule has 1 aliphatic carbocycles. The average molecular weight is 349 g/mol. The van der Waals surface area contributed by atoms with Gasteiger partial charge in [0.1, 0.15) is 6.61 Å². The summed E-state index contributed by atoms with van der Waals surface area (Å²) in [6.45, 7) is 3.24. The lowest BCUT2D eigenvalue weighted by molar-refractivity contribution is -0.176. The van der Waals surface area contributed by atoms with Crippen LogP contribution in [0.5, 0.6) is 0 Å². The lowest BCUT2D eigenvalue weighted by atomic mass is 9.74. The van der Waals surface area contributed by atoms with E-state index in [1.165, 1.54) is 44.6 Å². The maximum atomic E-state index is 12.8. The van der Waals surface area contributed by atoms with E-state index in [4.69, 9.17) is 9.15 Å². The third-order valence-electron chi connectivity index (χ3n) is 5.81. The Morgan fingerprint density at radius 1 is 1.16 bits per heavy atom. The quantitative estimate of drug-likeness (QED) is 0.797. The van der Waals surface area contributed by atoms with Crippen molar-refractivity contribution in [2.24, 2.45) is 5.92 Å². The van der Waals surface area contributed by atoms with Crippen LogP contribution in [0.15, 0.2) is 23.0 Å². The minimum atomic E-state index is -1.58. The summed E-state index contributed by atoms with van der Waals surface area (Å²) in [5.74, 6) is -0.611. The van der Waals surface area contributed by atoms with Crippen LogP contribution in [0.25, 0.3) is 0 Å². The van der Waals surface area contributed by atoms with Crippen molar-refractivity contribution < 1.29 is 19.1 Å². The van der Waals surface area contributed by atoms with Crippen molar-refractivity contribution in [3.8, 4) is 0 Å². The zero-order valence-corrected chi connectivity index (χ0v) is 15.1. The highest BCUT2D eigenvalue weighted by Gasteiger charge is 2.47. The Hall–Kier alpha value is -1.33. The molecule has 0 spiro atoms. The number of hydrogen-bond donors (Lipinski definition) is 1. The topological polar surface area (TPSA) is 62.9 Å². The number of furan rings is 1. The summed E-state index contributed by atoms with van der Waals surface area (Å²) in [5.41, 5.74) is -1.05. The molecule has 1 N–H and O–H groups in total. The first-order valence-corrected chi connectivity index (χ1v) is 9.86. The van der Waals surface area contributed by atoms with E-state index in [0.717, 1.165) is 45.3 Å². The second-order valence-electron chi connectivity index (χ2n) is 7.51. The van der Waals surface area contributed by atoms with Crippen molar-refractivity contribution in [1.29, 1.82) is 0 Å². The Morgan fingerprint density at radius 2 is 1.84 bits per heavy atom. The van der Waals surface area contributed by atoms with Crippen molar-refractivity contribution in [3.63, 3.8) is 0 Å². The van der Waals surface area contributed by atoms with Gasteiger partial charge >= 0.3 is 5.97 Å². The van der Waals surface area contributed by atoms with Crippen LogP contribution < -0.4 is 0 Å². The fourth-order valence-corrected chi connectivity index (χ4v) is 4.26. The number of rotatable bonds is 6. The number of likely N-dealkylation sites (tertiary alicyclic amines) is 1. The molecule has 1 aromatic rings. The van der Waals surface area contributed by atoms with E-state index in [-0.39, 0.29) is 5.92 Å². The Morgan fingerprint density at radius 3 is 2.48 bits per heavy atom. The zero-order chi connectivity index (χ0) is 17.5. The highest BCUT2D eigenvalue weighted by atomic mass is 16.5. The molecule has 1 saturated heterocycles. The molecule has 0 aromatic carbocycles. The molecule has 140 valence electrons. The fraction of sp³-hybridized carbons (Fsp3) is 0.750. The summed E-state index contributed by atoms with van der Waals surface area (Å²) in [6.07, 6.45) is 13.0. The van der Waals surface area contributed by atoms with Crippen molar-refractivity contribution in [3.05, 3.63) is 24.2 Å². The first kappa shape index (κ1) is 18.5. The van der Waals surface area contributed by atoms with Crippen molar-refractivity contribution in [2.75, 3.05) is 26.2 Å². The Bertz CT molecular complexity index is 516. The van der Waals surface area contributed by atoms with E-state index in [1.807, 2.05) is 0 Å². The molecule has 2 aliphatic rings. The molecular weight excluding hydrogens is 318 g/mol. The standard InChI is InChI=1S/C20H31NO4/c22-19(25-15-13-21-11-6-1-2-7-12-21)20(23,18-10-14-24-16-18)17-8-4-3-5-9-17/h10,14,16-17,23H,1-9,11-13,15H2. The zero-order valence-electron chi connectivity index (χ0n) is 15.1. The maximum absolute atomic E-state index is 12.8. The molecule has 0 bridgehead atoms. The molecule has 2 fully saturated rings. The van der Waals surface area contributed by atoms with Gasteiger partial charge in [0.25, 0.3) is 0 Å². The first-order valence-electron chi connectivity index (χ1n) is 9.86. The molecule has 1 aliphatic heterocycles. The van der Waals surface area contributed by atoms with E-state index in [1.54, 1.807) is 6.07 Å². The number of nitrogens with zero attached hydrogens (tertiary/aromatic N) is 1. The molecule has 1 unspecified atom stereocenters. The number of carbonyl (C=O) groups excluding carboxylic acids is 1. The van der Waals surface area contributed by atoms with E-state index in [9.17, 15) is 9.90 Å². The van der Waals surface area contributed by atoms with Crippen molar-refractivity contribution >= 4 is 5.97 Å². The monoisotopic (exact) mass is 349 g/mol. The minimum Gasteiger partial charge on any atom is -0.472 e. The van der Waals surface area contributed by atoms with Gasteiger partial charge in [-0.1, -0.05) is 32.1 Å². The van der Waals surface area contributed by atoms with Gasteiger partial charge in [0, 0.05) is 18.0 Å². The van der Waals surface area contributed by atoms with Gasteiger partial charge in [0.05, 0.1) is 12.5 Å². The van der Waals surface area contributed by atoms with Crippen molar-refractivity contribution in [2.45, 2.75) is 63.4 Å². The van der Waals surface area contributed by atoms with Gasteiger partial charge in [0.2, 0.25) is 0 Å². The van der Waals surface area contributed by atoms with Crippen LogP contribution in [0.2, 0.25) is 0 Å². The van der Waals surface area contributed by atoms with Gasteiger partial charge < -0.3 is 14.3 Å². The largest absolute Gasteiger partial charge is 0.472 e. The van der Waals surface area contributed by atoms with Crippen LogP contribution in [0, 0.1) is 5.92 Å². The molecule has 0 amide bonds. The molecule has 1 saturated carbocycles. The average Bonchev–Trinajstić information content (AvgIpc) is 3.07. The maximum Gasteiger partial charge on any atom is 0.343 e. The predicted molar refractivity (Wildman–Crippen MR) is 95.0 cm³/mol. The first-order chi connectivity index (χ1) is 12.2. The summed E-state index contributed by atoms with van der Waals surface area (Å²) in [7, 11) is 0. The number of ether oxygens (including phenoxy) is 1. The van der Waals surface area contributed by atoms with E-state index in [0.29, 0.717) is 12.2 Å². The molecule has 25 heavy (non-hydrogen) atoms. The van der Waals surface area contributed by atoms with Gasteiger partial charge in [-0.25, -0.2) is 4.79 Å². The van der Waals surface area contributed by atoms with E-state index >= 15 is 0 Å². The Kier molecular flexibility index (Phi) is 6.54. The number of esters is 1. The summed E-state index contributed by atoms with van der Waals surface area (Å²) in [4.78, 5) is 15.2. The van der Waals surface area contributed by atoms with Crippen LogP contribution >= 0.6 is 0 Å². The normalized spacial score (nSPS) is 22.9. The number of carbonyl (C=O) groups is 1. The molecule has 0 radical (unpaired) electrons. The molecule has 5 nitrogen and oxygen atoms in total. The van der Waals surface area contributed by atoms with Gasteiger partial charge in [-0.15, -0.1) is 0 Å². The van der Waals surface area contributed by atoms with E-state index in [2.05, 4.69) is 4.90 Å². The third-order valence-corrected chi connectivity index (χ3v) is 5.81. The Balaban J connectivity index is 1.61. The lowest BCUT2D eigenvalue weighted by Crippen LogP contribution is -2.45. The SMILES string of the molecule is O=C(OCCN1CCCCCC1)C(O)(c1ccoc1)C1CCCCC1. The molecule has 5 heteroatoms. The molecule has 1 atom stereocenters. The second-order valence-corrected chi connectivity index (χ2v) is 7.51. The van der Waals surface area contributed by atoms with Gasteiger partial charge in [0.15, 0.2) is 5.60 Å². The smallest absolute Gasteiger partial charge is 0.343 e. The lowest BCUT2D eigenvalue weighted by Gasteiger charge is -2.35. The fourth-order valence-electron chi connectivity index (χ4n) is 4.26. The van der Waals surface area contributed by atoms with E-state index < -0.39 is 11.6 Å². The van der Waals surface area contributed by atoms with Gasteiger partial charge in [-0.3, -0.25) is 4.90 Å². The van der Waals surface area contributed by atoms with Crippen molar-refractivity contribution in [1.82, 2.24) is 4.90 Å². The highest BCUT2D eigenvalue weighted by molar-refractivity contribution is 5.81. The molecule has 1 aromatic heterocycles. The van der Waals surface area contributed by atoms with Crippen LogP contribution in [0.4, 0.5) is 0 Å². The number of hydrogen-bond acceptors (Lipinski definition) is 5. The predicted octanol–water partition coefficient (Wildman–Crippen LogP) is 3.47. The van der Waals surface area contributed by atoms with Crippen LogP contribution in [0.3, 0.4) is 0 Å². The summed E-state index contributed by atoms with van der Waals surface area (Å²) >= 11 is 0. The summed E-state index contributed by atoms with van der Waals surface area (Å²) < 4.78 is 10.7. The summed E-state index contributed by atoms with van der Waals surface area (Å²) in [6, 6.07) is 1.69. The Labute approximate surface area is 150 Å². The second kappa shape index (κ2) is 8.86. The minimum absolute atomic E-state index is 0.0930. The highest BCUT2D eigenvalue weighted by Crippen LogP contribution is 2.40. The molecule has 3 rings (SSSR count). The molecular formula is C20H31NO4. The molecule has 2 heterocycles. The number of aliphatic hydroxyl groups is 1. The van der Waals surface area contributed by atoms with Crippen LogP contribution in [-0.2, 0) is 15.1 Å². The van der Waals surface area contributed by atoms with Gasteiger partial charge in [-0.05, 0) is 44.8 Å². The van der Waals surface area contributed by atoms with Gasteiger partial charge in [-0.2, -0.15) is 0 Å². The van der Waals surface area contributed by atoms with Crippen LogP contribution in [-0.4, -0.2) is 42.2 Å². The summed E-state index contributed by atoms with van der Waals surface area (Å²) in [5, 5.41) is 11.3.